The molecule has 0 saturated heterocycles. The summed E-state index contributed by atoms with van der Waals surface area (Å²) in [6.45, 7) is 5.96. The van der Waals surface area contributed by atoms with E-state index in [1.54, 1.807) is 6.07 Å². The van der Waals surface area contributed by atoms with Gasteiger partial charge in [-0.3, -0.25) is 0 Å². The van der Waals surface area contributed by atoms with E-state index in [4.69, 9.17) is 0 Å². The van der Waals surface area contributed by atoms with Crippen molar-refractivity contribution < 1.29 is 4.39 Å². The van der Waals surface area contributed by atoms with E-state index in [1.165, 1.54) is 6.07 Å². The molecule has 0 spiro atoms. The number of hydrogen-bond donors (Lipinski definition) is 1. The molecule has 0 bridgehead atoms. The molecule has 0 radical (unpaired) electrons. The molecule has 0 saturated carbocycles. The minimum Gasteiger partial charge on any atom is -0.207 e. The molecule has 0 heterocycles. The van der Waals surface area contributed by atoms with Gasteiger partial charge in [0.05, 0.1) is 0 Å². The van der Waals surface area contributed by atoms with Crippen molar-refractivity contribution in [3.8, 4) is 0 Å². The Labute approximate surface area is 84.6 Å². The van der Waals surface area contributed by atoms with Crippen molar-refractivity contribution in [3.05, 3.63) is 35.1 Å². The van der Waals surface area contributed by atoms with Crippen LogP contribution in [0.4, 0.5) is 4.39 Å². The van der Waals surface area contributed by atoms with Gasteiger partial charge < -0.3 is 0 Å². The molecule has 72 valence electrons. The topological polar surface area (TPSA) is 0 Å². The Kier molecular flexibility index (Phi) is 3.37. The number of hydrogen-bond acceptors (Lipinski definition) is 1. The molecule has 1 rings (SSSR count). The van der Waals surface area contributed by atoms with E-state index < -0.39 is 0 Å². The Morgan fingerprint density at radius 1 is 1.23 bits per heavy atom. The van der Waals surface area contributed by atoms with Crippen LogP contribution in [0.25, 0.3) is 0 Å². The third kappa shape index (κ3) is 2.25. The summed E-state index contributed by atoms with van der Waals surface area (Å²) in [4.78, 5) is 0. The fourth-order valence-electron chi connectivity index (χ4n) is 1.53. The molecule has 0 aromatic heterocycles. The van der Waals surface area contributed by atoms with Crippen LogP contribution in [0.5, 0.6) is 0 Å². The molecule has 13 heavy (non-hydrogen) atoms. The predicted octanol–water partition coefficient (Wildman–Crippen LogP) is 3.94. The first-order valence-electron chi connectivity index (χ1n) is 4.50. The van der Waals surface area contributed by atoms with Crippen molar-refractivity contribution in [3.63, 3.8) is 0 Å². The van der Waals surface area contributed by atoms with Crippen molar-refractivity contribution in [1.82, 2.24) is 0 Å². The summed E-state index contributed by atoms with van der Waals surface area (Å²) in [5.41, 5.74) is 1.79. The summed E-state index contributed by atoms with van der Waals surface area (Å²) in [5, 5.41) is 0.0908. The molecule has 0 nitrogen and oxygen atoms in total. The largest absolute Gasteiger partial charge is 0.207 e. The van der Waals surface area contributed by atoms with Crippen LogP contribution >= 0.6 is 12.6 Å². The smallest absolute Gasteiger partial charge is 0.126 e. The molecular weight excluding hydrogens is 183 g/mol. The highest BCUT2D eigenvalue weighted by Gasteiger charge is 2.13. The maximum Gasteiger partial charge on any atom is 0.126 e. The average molecular weight is 198 g/mol. The SMILES string of the molecule is CC(C)c1c(F)cccc1C(C)S. The van der Waals surface area contributed by atoms with Crippen LogP contribution in [0.3, 0.4) is 0 Å². The van der Waals surface area contributed by atoms with Crippen molar-refractivity contribution in [1.29, 1.82) is 0 Å². The standard InChI is InChI=1S/C11H15FS/c1-7(2)11-9(8(3)13)5-4-6-10(11)12/h4-8,13H,1-3H3. The Balaban J connectivity index is 3.26. The van der Waals surface area contributed by atoms with E-state index in [9.17, 15) is 4.39 Å². The van der Waals surface area contributed by atoms with E-state index >= 15 is 0 Å². The minimum absolute atomic E-state index is 0.0908. The molecular formula is C11H15FS. The molecule has 0 aliphatic rings. The van der Waals surface area contributed by atoms with Crippen LogP contribution in [0.2, 0.25) is 0 Å². The molecule has 0 amide bonds. The lowest BCUT2D eigenvalue weighted by molar-refractivity contribution is 0.593. The van der Waals surface area contributed by atoms with Crippen LogP contribution in [-0.2, 0) is 0 Å². The van der Waals surface area contributed by atoms with E-state index in [0.29, 0.717) is 0 Å². The van der Waals surface area contributed by atoms with Crippen LogP contribution in [0.15, 0.2) is 18.2 Å². The lowest BCUT2D eigenvalue weighted by Crippen LogP contribution is -2.00. The molecule has 2 heteroatoms. The Hall–Kier alpha value is -0.500. The quantitative estimate of drug-likeness (QED) is 0.684. The fourth-order valence-corrected chi connectivity index (χ4v) is 1.75. The van der Waals surface area contributed by atoms with Gasteiger partial charge in [-0.15, -0.1) is 0 Å². The zero-order valence-electron chi connectivity index (χ0n) is 8.21. The summed E-state index contributed by atoms with van der Waals surface area (Å²) in [5.74, 6) is 0.0965. The molecule has 0 aliphatic heterocycles. The number of benzene rings is 1. The second-order valence-electron chi connectivity index (χ2n) is 3.57. The second-order valence-corrected chi connectivity index (χ2v) is 4.35. The summed E-state index contributed by atoms with van der Waals surface area (Å²) in [7, 11) is 0. The van der Waals surface area contributed by atoms with Crippen molar-refractivity contribution >= 4 is 12.6 Å². The highest BCUT2D eigenvalue weighted by molar-refractivity contribution is 7.80. The summed E-state index contributed by atoms with van der Waals surface area (Å²) >= 11 is 4.33. The number of halogens is 1. The molecule has 0 N–H and O–H groups in total. The lowest BCUT2D eigenvalue weighted by Gasteiger charge is -2.15. The first kappa shape index (κ1) is 10.6. The van der Waals surface area contributed by atoms with E-state index in [2.05, 4.69) is 12.6 Å². The maximum atomic E-state index is 13.4. The van der Waals surface area contributed by atoms with Crippen molar-refractivity contribution in [2.24, 2.45) is 0 Å². The Bertz CT molecular complexity index is 292. The van der Waals surface area contributed by atoms with Gasteiger partial charge in [-0.25, -0.2) is 4.39 Å². The summed E-state index contributed by atoms with van der Waals surface area (Å²) < 4.78 is 13.4. The van der Waals surface area contributed by atoms with E-state index in [0.717, 1.165) is 11.1 Å². The first-order valence-corrected chi connectivity index (χ1v) is 5.02. The minimum atomic E-state index is -0.117. The first-order chi connectivity index (χ1) is 6.04. The molecule has 1 atom stereocenters. The van der Waals surface area contributed by atoms with Gasteiger partial charge in [0.2, 0.25) is 0 Å². The van der Waals surface area contributed by atoms with Gasteiger partial charge in [-0.2, -0.15) is 12.6 Å². The molecule has 1 aromatic rings. The highest BCUT2D eigenvalue weighted by atomic mass is 32.1. The average Bonchev–Trinajstić information content (AvgIpc) is 2.02. The van der Waals surface area contributed by atoms with Crippen LogP contribution in [-0.4, -0.2) is 0 Å². The third-order valence-electron chi connectivity index (χ3n) is 2.11. The van der Waals surface area contributed by atoms with Gasteiger partial charge in [0, 0.05) is 5.25 Å². The summed E-state index contributed by atoms with van der Waals surface area (Å²) in [6, 6.07) is 5.19. The maximum absolute atomic E-state index is 13.4. The van der Waals surface area contributed by atoms with Crippen LogP contribution in [0.1, 0.15) is 43.1 Å². The van der Waals surface area contributed by atoms with Crippen molar-refractivity contribution in [2.75, 3.05) is 0 Å². The van der Waals surface area contributed by atoms with Crippen LogP contribution in [0, 0.1) is 5.82 Å². The van der Waals surface area contributed by atoms with Gasteiger partial charge in [0.15, 0.2) is 0 Å². The number of thiol groups is 1. The zero-order chi connectivity index (χ0) is 10.0. The highest BCUT2D eigenvalue weighted by Crippen LogP contribution is 2.30. The monoisotopic (exact) mass is 198 g/mol. The van der Waals surface area contributed by atoms with Gasteiger partial charge in [-0.05, 0) is 30.0 Å². The molecule has 0 aliphatic carbocycles. The normalized spacial score (nSPS) is 13.4. The zero-order valence-corrected chi connectivity index (χ0v) is 9.11. The fraction of sp³-hybridized carbons (Fsp3) is 0.455. The third-order valence-corrected chi connectivity index (χ3v) is 2.39. The van der Waals surface area contributed by atoms with Gasteiger partial charge in [-0.1, -0.05) is 26.0 Å². The number of rotatable bonds is 2. The van der Waals surface area contributed by atoms with Gasteiger partial charge in [0.25, 0.3) is 0 Å². The Morgan fingerprint density at radius 3 is 2.23 bits per heavy atom. The van der Waals surface area contributed by atoms with Crippen LogP contribution < -0.4 is 0 Å². The second kappa shape index (κ2) is 4.14. The molecule has 1 unspecified atom stereocenters. The molecule has 0 fully saturated rings. The van der Waals surface area contributed by atoms with E-state index in [1.807, 2.05) is 26.8 Å². The van der Waals surface area contributed by atoms with Gasteiger partial charge in [0.1, 0.15) is 5.82 Å². The van der Waals surface area contributed by atoms with E-state index in [-0.39, 0.29) is 17.0 Å². The summed E-state index contributed by atoms with van der Waals surface area (Å²) in [6.07, 6.45) is 0. The molecule has 1 aromatic carbocycles. The predicted molar refractivity (Wildman–Crippen MR) is 57.9 cm³/mol. The lowest BCUT2D eigenvalue weighted by atomic mass is 9.95. The van der Waals surface area contributed by atoms with Gasteiger partial charge >= 0.3 is 0 Å². The Morgan fingerprint density at radius 2 is 1.85 bits per heavy atom. The van der Waals surface area contributed by atoms with Crippen molar-refractivity contribution in [2.45, 2.75) is 31.9 Å².